The summed E-state index contributed by atoms with van der Waals surface area (Å²) >= 11 is 0. The standard InChI is InChI=1S/C32H38N8O/c1-4-6-10-20-39(32(41)33-3)25-18-19-28-29(21-25)40(30(34-28)13-7-5-2)22-23-14-16-24(17-15-23)26-11-8-9-12-27(26)31-35-37-38-36-31/h8-9,11-12,14-19,21H,4-7,10,13,20,22H2,1-3H3,(H,33,41)(H,35,36,37,38). The number of unbranched alkanes of at least 4 members (excludes halogenated alkanes) is 3. The zero-order valence-electron chi connectivity index (χ0n) is 24.1. The second-order valence-corrected chi connectivity index (χ2v) is 10.3. The van der Waals surface area contributed by atoms with Crippen LogP contribution in [0.1, 0.15) is 57.3 Å². The largest absolute Gasteiger partial charge is 0.341 e. The first-order chi connectivity index (χ1) is 20.1. The number of amides is 2. The Morgan fingerprint density at radius 1 is 0.951 bits per heavy atom. The van der Waals surface area contributed by atoms with Crippen LogP contribution in [0.2, 0.25) is 0 Å². The summed E-state index contributed by atoms with van der Waals surface area (Å²) < 4.78 is 2.31. The van der Waals surface area contributed by atoms with Crippen LogP contribution in [-0.4, -0.2) is 49.8 Å². The predicted octanol–water partition coefficient (Wildman–Crippen LogP) is 6.61. The molecule has 2 N–H and O–H groups in total. The zero-order chi connectivity index (χ0) is 28.6. The number of tetrazole rings is 1. The molecule has 0 saturated carbocycles. The van der Waals surface area contributed by atoms with Crippen LogP contribution in [0.3, 0.4) is 0 Å². The number of rotatable bonds is 12. The number of aromatic nitrogens is 6. The maximum absolute atomic E-state index is 12.8. The fourth-order valence-electron chi connectivity index (χ4n) is 5.21. The van der Waals surface area contributed by atoms with Crippen LogP contribution in [0.4, 0.5) is 10.5 Å². The average Bonchev–Trinajstić information content (AvgIpc) is 3.67. The van der Waals surface area contributed by atoms with Gasteiger partial charge in [-0.2, -0.15) is 5.21 Å². The number of aryl methyl sites for hydroxylation is 1. The first kappa shape index (κ1) is 28.0. The molecule has 3 aromatic carbocycles. The summed E-state index contributed by atoms with van der Waals surface area (Å²) in [5.74, 6) is 1.65. The van der Waals surface area contributed by atoms with E-state index < -0.39 is 0 Å². The van der Waals surface area contributed by atoms with E-state index in [9.17, 15) is 4.79 Å². The Morgan fingerprint density at radius 2 is 1.73 bits per heavy atom. The number of hydrogen-bond donors (Lipinski definition) is 2. The smallest absolute Gasteiger partial charge is 0.321 e. The molecule has 41 heavy (non-hydrogen) atoms. The number of fused-ring (bicyclic) bond motifs is 1. The summed E-state index contributed by atoms with van der Waals surface area (Å²) in [6.45, 7) is 5.75. The van der Waals surface area contributed by atoms with E-state index in [-0.39, 0.29) is 6.03 Å². The molecular formula is C32H38N8O. The summed E-state index contributed by atoms with van der Waals surface area (Å²) in [4.78, 5) is 19.6. The fraction of sp³-hybridized carbons (Fsp3) is 0.344. The van der Waals surface area contributed by atoms with Crippen LogP contribution in [0.25, 0.3) is 33.5 Å². The Labute approximate surface area is 241 Å². The molecule has 0 aliphatic rings. The van der Waals surface area contributed by atoms with Gasteiger partial charge in [-0.3, -0.25) is 4.90 Å². The van der Waals surface area contributed by atoms with E-state index in [4.69, 9.17) is 4.98 Å². The van der Waals surface area contributed by atoms with Crippen molar-refractivity contribution < 1.29 is 4.79 Å². The van der Waals surface area contributed by atoms with Crippen molar-refractivity contribution in [1.82, 2.24) is 35.5 Å². The Kier molecular flexibility index (Phi) is 9.03. The molecule has 2 amide bonds. The van der Waals surface area contributed by atoms with Crippen molar-refractivity contribution in [3.63, 3.8) is 0 Å². The van der Waals surface area contributed by atoms with Gasteiger partial charge in [-0.1, -0.05) is 81.6 Å². The number of nitrogens with zero attached hydrogens (tertiary/aromatic N) is 6. The molecule has 9 nitrogen and oxygen atoms in total. The van der Waals surface area contributed by atoms with Gasteiger partial charge in [0.15, 0.2) is 0 Å². The molecule has 0 bridgehead atoms. The van der Waals surface area contributed by atoms with Gasteiger partial charge in [0.05, 0.1) is 11.0 Å². The molecule has 212 valence electrons. The molecule has 2 aromatic heterocycles. The average molecular weight is 551 g/mol. The predicted molar refractivity (Wildman–Crippen MR) is 164 cm³/mol. The number of nitrogens with one attached hydrogen (secondary N) is 2. The minimum atomic E-state index is -0.0885. The zero-order valence-corrected chi connectivity index (χ0v) is 24.1. The van der Waals surface area contributed by atoms with Crippen LogP contribution < -0.4 is 10.2 Å². The van der Waals surface area contributed by atoms with E-state index in [1.807, 2.05) is 35.2 Å². The SMILES string of the molecule is CCCCCN(C(=O)NC)c1ccc2nc(CCCC)n(Cc3ccc(-c4ccccc4-c4nn[nH]n4)cc3)c2c1. The summed E-state index contributed by atoms with van der Waals surface area (Å²) in [6.07, 6.45) is 6.24. The molecule has 0 aliphatic heterocycles. The highest BCUT2D eigenvalue weighted by molar-refractivity contribution is 5.94. The Hall–Kier alpha value is -4.53. The molecular weight excluding hydrogens is 512 g/mol. The van der Waals surface area contributed by atoms with E-state index in [1.165, 1.54) is 5.56 Å². The fourth-order valence-corrected chi connectivity index (χ4v) is 5.21. The van der Waals surface area contributed by atoms with Crippen LogP contribution in [-0.2, 0) is 13.0 Å². The van der Waals surface area contributed by atoms with Crippen molar-refractivity contribution in [1.29, 1.82) is 0 Å². The van der Waals surface area contributed by atoms with Crippen molar-refractivity contribution in [2.45, 2.75) is 58.9 Å². The van der Waals surface area contributed by atoms with E-state index in [0.717, 1.165) is 77.8 Å². The van der Waals surface area contributed by atoms with Crippen molar-refractivity contribution in [2.75, 3.05) is 18.5 Å². The molecule has 9 heteroatoms. The number of hydrogen-bond acceptors (Lipinski definition) is 5. The molecule has 2 heterocycles. The highest BCUT2D eigenvalue weighted by Gasteiger charge is 2.18. The third-order valence-corrected chi connectivity index (χ3v) is 7.44. The summed E-state index contributed by atoms with van der Waals surface area (Å²) in [5.41, 5.74) is 7.15. The van der Waals surface area contributed by atoms with Gasteiger partial charge in [0.25, 0.3) is 0 Å². The summed E-state index contributed by atoms with van der Waals surface area (Å²) in [7, 11) is 1.69. The molecule has 0 aliphatic carbocycles. The van der Waals surface area contributed by atoms with Gasteiger partial charge in [0, 0.05) is 37.8 Å². The number of imidazole rings is 1. The third kappa shape index (κ3) is 6.29. The minimum Gasteiger partial charge on any atom is -0.341 e. The Balaban J connectivity index is 1.48. The summed E-state index contributed by atoms with van der Waals surface area (Å²) in [5, 5.41) is 17.4. The Morgan fingerprint density at radius 3 is 2.44 bits per heavy atom. The van der Waals surface area contributed by atoms with E-state index in [0.29, 0.717) is 18.9 Å². The van der Waals surface area contributed by atoms with Gasteiger partial charge in [-0.25, -0.2) is 9.78 Å². The topological polar surface area (TPSA) is 105 Å². The highest BCUT2D eigenvalue weighted by Crippen LogP contribution is 2.31. The number of carbonyl (C=O) groups excluding carboxylic acids is 1. The van der Waals surface area contributed by atoms with Gasteiger partial charge >= 0.3 is 6.03 Å². The van der Waals surface area contributed by atoms with Crippen LogP contribution in [0, 0.1) is 0 Å². The lowest BCUT2D eigenvalue weighted by Crippen LogP contribution is -2.38. The number of urea groups is 1. The molecule has 0 unspecified atom stereocenters. The highest BCUT2D eigenvalue weighted by atomic mass is 16.2. The summed E-state index contributed by atoms with van der Waals surface area (Å²) in [6, 6.07) is 22.8. The Bertz CT molecular complexity index is 1570. The quantitative estimate of drug-likeness (QED) is 0.170. The van der Waals surface area contributed by atoms with Gasteiger partial charge in [0.2, 0.25) is 5.82 Å². The number of aromatic amines is 1. The number of anilines is 1. The van der Waals surface area contributed by atoms with E-state index in [1.54, 1.807) is 7.05 Å². The number of H-pyrrole nitrogens is 1. The van der Waals surface area contributed by atoms with Crippen LogP contribution in [0.5, 0.6) is 0 Å². The maximum Gasteiger partial charge on any atom is 0.321 e. The second-order valence-electron chi connectivity index (χ2n) is 10.3. The van der Waals surface area contributed by atoms with Crippen molar-refractivity contribution >= 4 is 22.8 Å². The van der Waals surface area contributed by atoms with E-state index in [2.05, 4.69) is 80.8 Å². The van der Waals surface area contributed by atoms with E-state index >= 15 is 0 Å². The van der Waals surface area contributed by atoms with Crippen LogP contribution in [0.15, 0.2) is 66.7 Å². The second kappa shape index (κ2) is 13.2. The minimum absolute atomic E-state index is 0.0885. The van der Waals surface area contributed by atoms with Crippen molar-refractivity contribution in [3.8, 4) is 22.5 Å². The van der Waals surface area contributed by atoms with Gasteiger partial charge in [-0.05, 0) is 52.9 Å². The third-order valence-electron chi connectivity index (χ3n) is 7.44. The first-order valence-electron chi connectivity index (χ1n) is 14.5. The first-order valence-corrected chi connectivity index (χ1v) is 14.5. The molecule has 5 rings (SSSR count). The lowest BCUT2D eigenvalue weighted by atomic mass is 9.98. The molecule has 0 fully saturated rings. The van der Waals surface area contributed by atoms with Crippen molar-refractivity contribution in [2.24, 2.45) is 0 Å². The molecule has 0 atom stereocenters. The molecule has 5 aromatic rings. The lowest BCUT2D eigenvalue weighted by Gasteiger charge is -2.22. The molecule has 0 saturated heterocycles. The molecule has 0 spiro atoms. The number of benzene rings is 3. The maximum atomic E-state index is 12.8. The lowest BCUT2D eigenvalue weighted by molar-refractivity contribution is 0.248. The monoisotopic (exact) mass is 550 g/mol. The number of carbonyl (C=O) groups is 1. The van der Waals surface area contributed by atoms with Crippen LogP contribution >= 0.6 is 0 Å². The normalized spacial score (nSPS) is 11.2. The van der Waals surface area contributed by atoms with Gasteiger partial charge in [-0.15, -0.1) is 10.2 Å². The van der Waals surface area contributed by atoms with Crippen molar-refractivity contribution in [3.05, 3.63) is 78.1 Å². The molecule has 0 radical (unpaired) electrons. The van der Waals surface area contributed by atoms with Gasteiger partial charge in [0.1, 0.15) is 5.82 Å². The van der Waals surface area contributed by atoms with Gasteiger partial charge < -0.3 is 9.88 Å².